The third kappa shape index (κ3) is 5.55. The van der Waals surface area contributed by atoms with E-state index in [-0.39, 0.29) is 23.7 Å². The van der Waals surface area contributed by atoms with E-state index in [1.807, 2.05) is 38.1 Å². The summed E-state index contributed by atoms with van der Waals surface area (Å²) in [6, 6.07) is 13.7. The fraction of sp³-hybridized carbons (Fsp3) is 0.364. The number of hydrogen-bond acceptors (Lipinski definition) is 3. The van der Waals surface area contributed by atoms with Gasteiger partial charge in [-0.1, -0.05) is 54.9 Å². The van der Waals surface area contributed by atoms with Crippen LogP contribution in [-0.2, 0) is 16.2 Å². The zero-order chi connectivity index (χ0) is 20.1. The van der Waals surface area contributed by atoms with Crippen LogP contribution in [0, 0.1) is 11.7 Å². The zero-order valence-electron chi connectivity index (χ0n) is 16.1. The summed E-state index contributed by atoms with van der Waals surface area (Å²) in [4.78, 5) is 20.1. The van der Waals surface area contributed by atoms with Crippen molar-refractivity contribution >= 4 is 23.2 Å². The van der Waals surface area contributed by atoms with Crippen LogP contribution >= 0.6 is 11.6 Å². The van der Waals surface area contributed by atoms with Gasteiger partial charge in [0.2, 0.25) is 5.91 Å². The second-order valence-electron chi connectivity index (χ2n) is 7.48. The molecule has 28 heavy (non-hydrogen) atoms. The number of carbonyl (C=O) groups is 1. The van der Waals surface area contributed by atoms with Crippen molar-refractivity contribution in [2.24, 2.45) is 11.1 Å². The van der Waals surface area contributed by atoms with E-state index in [1.165, 1.54) is 12.1 Å². The maximum absolute atomic E-state index is 13.2. The van der Waals surface area contributed by atoms with Gasteiger partial charge in [0.1, 0.15) is 5.82 Å². The standard InChI is InChI=1S/C22H24ClFN2O2/c1-15(2)11-22(27)26(13-16-3-9-19(24)10-4-16)14-20-12-21(25-28-20)17-5-7-18(23)8-6-17/h3-10,15,20H,11-14H2,1-2H3/t20-/m0/s1. The molecule has 2 aromatic carbocycles. The van der Waals surface area contributed by atoms with Crippen LogP contribution in [0.1, 0.15) is 37.8 Å². The predicted molar refractivity (Wildman–Crippen MR) is 109 cm³/mol. The molecule has 4 nitrogen and oxygen atoms in total. The van der Waals surface area contributed by atoms with Crippen LogP contribution in [0.2, 0.25) is 5.02 Å². The summed E-state index contributed by atoms with van der Waals surface area (Å²) in [5.41, 5.74) is 2.69. The number of rotatable bonds is 7. The van der Waals surface area contributed by atoms with Gasteiger partial charge in [0.15, 0.2) is 6.10 Å². The molecule has 0 N–H and O–H groups in total. The Kier molecular flexibility index (Phi) is 6.68. The second-order valence-corrected chi connectivity index (χ2v) is 7.91. The number of halogens is 2. The van der Waals surface area contributed by atoms with Crippen LogP contribution in [0.5, 0.6) is 0 Å². The molecule has 0 radical (unpaired) electrons. The SMILES string of the molecule is CC(C)CC(=O)N(Cc1ccc(F)cc1)C[C@@H]1CC(c2ccc(Cl)cc2)=NO1. The highest BCUT2D eigenvalue weighted by Crippen LogP contribution is 2.21. The summed E-state index contributed by atoms with van der Waals surface area (Å²) < 4.78 is 13.2. The molecular weight excluding hydrogens is 379 g/mol. The average molecular weight is 403 g/mol. The molecule has 2 aromatic rings. The molecule has 6 heteroatoms. The van der Waals surface area contributed by atoms with Gasteiger partial charge in [-0.25, -0.2) is 4.39 Å². The minimum absolute atomic E-state index is 0.0582. The van der Waals surface area contributed by atoms with Crippen molar-refractivity contribution in [3.8, 4) is 0 Å². The highest BCUT2D eigenvalue weighted by molar-refractivity contribution is 6.30. The van der Waals surface area contributed by atoms with Crippen molar-refractivity contribution in [3.63, 3.8) is 0 Å². The summed E-state index contributed by atoms with van der Waals surface area (Å²) in [5, 5.41) is 4.87. The van der Waals surface area contributed by atoms with Gasteiger partial charge < -0.3 is 9.74 Å². The van der Waals surface area contributed by atoms with E-state index in [2.05, 4.69) is 5.16 Å². The summed E-state index contributed by atoms with van der Waals surface area (Å²) >= 11 is 5.94. The lowest BCUT2D eigenvalue weighted by atomic mass is 10.0. The van der Waals surface area contributed by atoms with E-state index < -0.39 is 0 Å². The molecule has 1 heterocycles. The van der Waals surface area contributed by atoms with Gasteiger partial charge in [-0.2, -0.15) is 0 Å². The smallest absolute Gasteiger partial charge is 0.223 e. The Morgan fingerprint density at radius 2 is 1.89 bits per heavy atom. The molecule has 0 aliphatic carbocycles. The van der Waals surface area contributed by atoms with Gasteiger partial charge in [0, 0.05) is 24.4 Å². The Bertz CT molecular complexity index is 835. The number of benzene rings is 2. The molecule has 0 bridgehead atoms. The molecule has 1 amide bonds. The lowest BCUT2D eigenvalue weighted by Gasteiger charge is -2.26. The predicted octanol–water partition coefficient (Wildman–Crippen LogP) is 5.05. The van der Waals surface area contributed by atoms with Crippen LogP contribution in [0.25, 0.3) is 0 Å². The summed E-state index contributed by atoms with van der Waals surface area (Å²) in [7, 11) is 0. The minimum atomic E-state index is -0.288. The third-order valence-electron chi connectivity index (χ3n) is 4.56. The number of oxime groups is 1. The van der Waals surface area contributed by atoms with Crippen molar-refractivity contribution in [1.29, 1.82) is 0 Å². The normalized spacial score (nSPS) is 16.0. The Hall–Kier alpha value is -2.40. The van der Waals surface area contributed by atoms with Crippen molar-refractivity contribution in [3.05, 3.63) is 70.5 Å². The molecule has 0 aromatic heterocycles. The molecule has 0 saturated carbocycles. The van der Waals surface area contributed by atoms with E-state index in [0.29, 0.717) is 31.0 Å². The molecule has 1 aliphatic heterocycles. The Morgan fingerprint density at radius 1 is 1.21 bits per heavy atom. The topological polar surface area (TPSA) is 41.9 Å². The molecular formula is C22H24ClFN2O2. The Morgan fingerprint density at radius 3 is 2.54 bits per heavy atom. The van der Waals surface area contributed by atoms with Crippen molar-refractivity contribution in [2.75, 3.05) is 6.54 Å². The number of amides is 1. The first-order valence-electron chi connectivity index (χ1n) is 9.41. The van der Waals surface area contributed by atoms with E-state index in [4.69, 9.17) is 16.4 Å². The van der Waals surface area contributed by atoms with Gasteiger partial charge in [-0.15, -0.1) is 0 Å². The van der Waals surface area contributed by atoms with Crippen LogP contribution in [0.15, 0.2) is 53.7 Å². The second kappa shape index (κ2) is 9.20. The fourth-order valence-corrected chi connectivity index (χ4v) is 3.25. The van der Waals surface area contributed by atoms with Gasteiger partial charge >= 0.3 is 0 Å². The molecule has 0 unspecified atom stereocenters. The van der Waals surface area contributed by atoms with Crippen LogP contribution in [-0.4, -0.2) is 29.2 Å². The van der Waals surface area contributed by atoms with Crippen molar-refractivity contribution in [1.82, 2.24) is 4.90 Å². The van der Waals surface area contributed by atoms with E-state index >= 15 is 0 Å². The van der Waals surface area contributed by atoms with E-state index in [0.717, 1.165) is 16.8 Å². The third-order valence-corrected chi connectivity index (χ3v) is 4.81. The van der Waals surface area contributed by atoms with Crippen LogP contribution in [0.3, 0.4) is 0 Å². The van der Waals surface area contributed by atoms with Crippen molar-refractivity contribution in [2.45, 2.75) is 39.3 Å². The van der Waals surface area contributed by atoms with Crippen LogP contribution in [0.4, 0.5) is 4.39 Å². The first kappa shape index (κ1) is 20.3. The summed E-state index contributed by atoms with van der Waals surface area (Å²) in [6.07, 6.45) is 0.872. The highest BCUT2D eigenvalue weighted by Gasteiger charge is 2.27. The lowest BCUT2D eigenvalue weighted by Crippen LogP contribution is -2.37. The molecule has 3 rings (SSSR count). The quantitative estimate of drug-likeness (QED) is 0.650. The molecule has 0 saturated heterocycles. The monoisotopic (exact) mass is 402 g/mol. The number of nitrogens with zero attached hydrogens (tertiary/aromatic N) is 2. The fourth-order valence-electron chi connectivity index (χ4n) is 3.13. The lowest BCUT2D eigenvalue weighted by molar-refractivity contribution is -0.134. The number of carbonyl (C=O) groups excluding carboxylic acids is 1. The zero-order valence-corrected chi connectivity index (χ0v) is 16.8. The molecule has 1 aliphatic rings. The van der Waals surface area contributed by atoms with Gasteiger partial charge in [0.25, 0.3) is 0 Å². The molecule has 148 valence electrons. The molecule has 0 spiro atoms. The van der Waals surface area contributed by atoms with E-state index in [1.54, 1.807) is 17.0 Å². The van der Waals surface area contributed by atoms with Gasteiger partial charge in [-0.05, 0) is 41.3 Å². The average Bonchev–Trinajstić information content (AvgIpc) is 3.11. The maximum atomic E-state index is 13.2. The number of hydrogen-bond donors (Lipinski definition) is 0. The van der Waals surface area contributed by atoms with Crippen LogP contribution < -0.4 is 0 Å². The largest absolute Gasteiger partial charge is 0.390 e. The van der Waals surface area contributed by atoms with Crippen molar-refractivity contribution < 1.29 is 14.0 Å². The van der Waals surface area contributed by atoms with E-state index in [9.17, 15) is 9.18 Å². The Balaban J connectivity index is 1.66. The Labute approximate surface area is 169 Å². The summed E-state index contributed by atoms with van der Waals surface area (Å²) in [5.74, 6) is 0.0281. The van der Waals surface area contributed by atoms with Gasteiger partial charge in [-0.3, -0.25) is 4.79 Å². The molecule has 0 fully saturated rings. The summed E-state index contributed by atoms with van der Waals surface area (Å²) in [6.45, 7) is 4.88. The highest BCUT2D eigenvalue weighted by atomic mass is 35.5. The molecule has 1 atom stereocenters. The maximum Gasteiger partial charge on any atom is 0.223 e. The first-order chi connectivity index (χ1) is 13.4. The van der Waals surface area contributed by atoms with Gasteiger partial charge in [0.05, 0.1) is 12.3 Å². The minimum Gasteiger partial charge on any atom is -0.390 e. The first-order valence-corrected chi connectivity index (χ1v) is 9.79.